The molecule has 44 heavy (non-hydrogen) atoms. The van der Waals surface area contributed by atoms with E-state index >= 15 is 0 Å². The Labute approximate surface area is 256 Å². The van der Waals surface area contributed by atoms with Crippen molar-refractivity contribution in [3.05, 3.63) is 107 Å². The van der Waals surface area contributed by atoms with Crippen molar-refractivity contribution in [1.29, 1.82) is 0 Å². The molecule has 2 saturated heterocycles. The molecule has 0 spiro atoms. The lowest BCUT2D eigenvalue weighted by atomic mass is 9.95. The van der Waals surface area contributed by atoms with E-state index in [0.29, 0.717) is 64.3 Å². The summed E-state index contributed by atoms with van der Waals surface area (Å²) < 4.78 is 26.6. The molecule has 0 saturated carbocycles. The van der Waals surface area contributed by atoms with Crippen molar-refractivity contribution >= 4 is 17.9 Å². The van der Waals surface area contributed by atoms with Gasteiger partial charge in [-0.05, 0) is 46.5 Å². The molecule has 228 valence electrons. The standard InChI is InChI=1S/C33H36F2N8O/c1-23(25-3-7-29(34)8-4-25)27-19-36-31(37-20-27)40-11-15-42(16-12-40)33(44)43-17-13-41(14-18-43)32-38-21-28(22-39-32)24(2)26-5-9-30(35)10-6-26/h3-10,19-24H,11-18H2,1-2H3. The smallest absolute Gasteiger partial charge is 0.320 e. The average molecular weight is 599 g/mol. The minimum atomic E-state index is -0.251. The summed E-state index contributed by atoms with van der Waals surface area (Å²) >= 11 is 0. The normalized spacial score (nSPS) is 17.0. The molecule has 6 rings (SSSR count). The molecule has 2 unspecified atom stereocenters. The van der Waals surface area contributed by atoms with E-state index < -0.39 is 0 Å². The van der Waals surface area contributed by atoms with E-state index in [1.807, 2.05) is 34.6 Å². The number of carbonyl (C=O) groups excluding carboxylic acids is 1. The maximum atomic E-state index is 13.3. The highest BCUT2D eigenvalue weighted by Gasteiger charge is 2.29. The van der Waals surface area contributed by atoms with Crippen LogP contribution in [0.1, 0.15) is 47.9 Å². The van der Waals surface area contributed by atoms with Gasteiger partial charge in [0.15, 0.2) is 0 Å². The highest BCUT2D eigenvalue weighted by molar-refractivity contribution is 5.75. The molecule has 2 aromatic heterocycles. The zero-order chi connectivity index (χ0) is 30.6. The maximum absolute atomic E-state index is 13.3. The predicted octanol–water partition coefficient (Wildman–Crippen LogP) is 4.91. The number of urea groups is 1. The van der Waals surface area contributed by atoms with Gasteiger partial charge in [-0.25, -0.2) is 33.5 Å². The topological polar surface area (TPSA) is 81.6 Å². The Kier molecular flexibility index (Phi) is 8.63. The molecule has 0 radical (unpaired) electrons. The van der Waals surface area contributed by atoms with Gasteiger partial charge >= 0.3 is 6.03 Å². The second-order valence-corrected chi connectivity index (χ2v) is 11.4. The van der Waals surface area contributed by atoms with Crippen molar-refractivity contribution in [2.75, 3.05) is 62.2 Å². The summed E-state index contributed by atoms with van der Waals surface area (Å²) in [5.41, 5.74) is 3.95. The van der Waals surface area contributed by atoms with Gasteiger partial charge in [-0.2, -0.15) is 0 Å². The van der Waals surface area contributed by atoms with Crippen LogP contribution in [0.3, 0.4) is 0 Å². The Hall–Kier alpha value is -4.67. The van der Waals surface area contributed by atoms with Crippen LogP contribution in [0.4, 0.5) is 25.5 Å². The number of amides is 2. The molecule has 0 bridgehead atoms. The maximum Gasteiger partial charge on any atom is 0.320 e. The third-order valence-electron chi connectivity index (χ3n) is 8.72. The zero-order valence-electron chi connectivity index (χ0n) is 25.0. The Morgan fingerprint density at radius 3 is 1.18 bits per heavy atom. The molecule has 4 aromatic rings. The van der Waals surface area contributed by atoms with Crippen LogP contribution in [0.15, 0.2) is 73.3 Å². The van der Waals surface area contributed by atoms with Gasteiger partial charge in [-0.3, -0.25) is 0 Å². The lowest BCUT2D eigenvalue weighted by molar-refractivity contribution is 0.147. The largest absolute Gasteiger partial charge is 0.337 e. The van der Waals surface area contributed by atoms with Gasteiger partial charge in [0.2, 0.25) is 11.9 Å². The number of rotatable bonds is 6. The number of benzene rings is 2. The first-order valence-corrected chi connectivity index (χ1v) is 15.0. The van der Waals surface area contributed by atoms with Crippen molar-refractivity contribution < 1.29 is 13.6 Å². The molecular weight excluding hydrogens is 562 g/mol. The Morgan fingerprint density at radius 2 is 0.864 bits per heavy atom. The number of aromatic nitrogens is 4. The SMILES string of the molecule is CC(c1ccc(F)cc1)c1cnc(N2CCN(C(=O)N3CCN(c4ncc(C(C)c5ccc(F)cc5)cn4)CC3)CC2)nc1. The first-order valence-electron chi connectivity index (χ1n) is 15.0. The van der Waals surface area contributed by atoms with E-state index in [1.165, 1.54) is 24.3 Å². The number of carbonyl (C=O) groups is 1. The summed E-state index contributed by atoms with van der Waals surface area (Å²) in [7, 11) is 0. The average Bonchev–Trinajstić information content (AvgIpc) is 3.08. The van der Waals surface area contributed by atoms with Crippen LogP contribution in [0, 0.1) is 11.6 Å². The van der Waals surface area contributed by atoms with Gasteiger partial charge in [0.25, 0.3) is 0 Å². The quantitative estimate of drug-likeness (QED) is 0.312. The number of nitrogens with zero attached hydrogens (tertiary/aromatic N) is 8. The van der Waals surface area contributed by atoms with Crippen LogP contribution in [-0.4, -0.2) is 88.1 Å². The monoisotopic (exact) mass is 598 g/mol. The van der Waals surface area contributed by atoms with E-state index in [1.54, 1.807) is 24.3 Å². The number of halogens is 2. The molecule has 11 heteroatoms. The second-order valence-electron chi connectivity index (χ2n) is 11.4. The summed E-state index contributed by atoms with van der Waals surface area (Å²) in [6.07, 6.45) is 7.32. The minimum Gasteiger partial charge on any atom is -0.337 e. The Balaban J connectivity index is 0.971. The Bertz CT molecular complexity index is 1420. The van der Waals surface area contributed by atoms with Gasteiger partial charge in [-0.1, -0.05) is 38.1 Å². The van der Waals surface area contributed by atoms with Crippen molar-refractivity contribution in [2.24, 2.45) is 0 Å². The molecule has 0 aliphatic carbocycles. The van der Waals surface area contributed by atoms with Gasteiger partial charge in [0, 0.05) is 89.0 Å². The predicted molar refractivity (Wildman–Crippen MR) is 165 cm³/mol. The van der Waals surface area contributed by atoms with E-state index in [-0.39, 0.29) is 29.5 Å². The lowest BCUT2D eigenvalue weighted by Crippen LogP contribution is -2.57. The molecule has 0 N–H and O–H groups in total. The van der Waals surface area contributed by atoms with Crippen molar-refractivity contribution in [2.45, 2.75) is 25.7 Å². The second kappa shape index (κ2) is 12.9. The molecular formula is C33H36F2N8O. The molecule has 9 nitrogen and oxygen atoms in total. The fraction of sp³-hybridized carbons (Fsp3) is 0.364. The summed E-state index contributed by atoms with van der Waals surface area (Å²) in [5.74, 6) is 0.917. The molecule has 4 heterocycles. The lowest BCUT2D eigenvalue weighted by Gasteiger charge is -2.40. The van der Waals surface area contributed by atoms with Crippen molar-refractivity contribution in [1.82, 2.24) is 29.7 Å². The van der Waals surface area contributed by atoms with Crippen LogP contribution in [0.25, 0.3) is 0 Å². The first-order chi connectivity index (χ1) is 21.4. The highest BCUT2D eigenvalue weighted by atomic mass is 19.1. The molecule has 2 amide bonds. The van der Waals surface area contributed by atoms with E-state index in [4.69, 9.17) is 0 Å². The molecule has 2 fully saturated rings. The molecule has 2 atom stereocenters. The Morgan fingerprint density at radius 1 is 0.545 bits per heavy atom. The van der Waals surface area contributed by atoms with Gasteiger partial charge in [0.05, 0.1) is 0 Å². The summed E-state index contributed by atoms with van der Waals surface area (Å²) in [5, 5.41) is 0. The third kappa shape index (κ3) is 6.46. The summed E-state index contributed by atoms with van der Waals surface area (Å²) in [6, 6.07) is 13.1. The molecule has 2 aliphatic heterocycles. The fourth-order valence-corrected chi connectivity index (χ4v) is 5.72. The van der Waals surface area contributed by atoms with E-state index in [0.717, 1.165) is 22.3 Å². The number of piperazine rings is 2. The third-order valence-corrected chi connectivity index (χ3v) is 8.72. The van der Waals surface area contributed by atoms with Gasteiger partial charge < -0.3 is 19.6 Å². The summed E-state index contributed by atoms with van der Waals surface area (Å²) in [6.45, 7) is 9.17. The highest BCUT2D eigenvalue weighted by Crippen LogP contribution is 2.26. The summed E-state index contributed by atoms with van der Waals surface area (Å²) in [4.78, 5) is 39.7. The van der Waals surface area contributed by atoms with Crippen LogP contribution < -0.4 is 9.80 Å². The van der Waals surface area contributed by atoms with Crippen molar-refractivity contribution in [3.63, 3.8) is 0 Å². The van der Waals surface area contributed by atoms with Gasteiger partial charge in [0.1, 0.15) is 11.6 Å². The van der Waals surface area contributed by atoms with Crippen LogP contribution in [-0.2, 0) is 0 Å². The zero-order valence-corrected chi connectivity index (χ0v) is 25.0. The van der Waals surface area contributed by atoms with E-state index in [9.17, 15) is 13.6 Å². The minimum absolute atomic E-state index is 0.0538. The molecule has 2 aromatic carbocycles. The molecule has 2 aliphatic rings. The first kappa shape index (κ1) is 29.4. The fourth-order valence-electron chi connectivity index (χ4n) is 5.72. The van der Waals surface area contributed by atoms with Crippen LogP contribution >= 0.6 is 0 Å². The van der Waals surface area contributed by atoms with E-state index in [2.05, 4.69) is 43.6 Å². The number of anilines is 2. The number of hydrogen-bond acceptors (Lipinski definition) is 7. The number of hydrogen-bond donors (Lipinski definition) is 0. The van der Waals surface area contributed by atoms with Crippen LogP contribution in [0.5, 0.6) is 0 Å². The van der Waals surface area contributed by atoms with Gasteiger partial charge in [-0.15, -0.1) is 0 Å². The van der Waals surface area contributed by atoms with Crippen LogP contribution in [0.2, 0.25) is 0 Å². The van der Waals surface area contributed by atoms with Crippen molar-refractivity contribution in [3.8, 4) is 0 Å².